The Hall–Kier alpha value is -5.11. The van der Waals surface area contributed by atoms with Crippen LogP contribution < -0.4 is 15.7 Å². The van der Waals surface area contributed by atoms with Crippen LogP contribution in [0.15, 0.2) is 145 Å². The number of aryl methyl sites for hydroxylation is 3. The maximum absolute atomic E-state index is 11.0. The summed E-state index contributed by atoms with van der Waals surface area (Å²) in [5.41, 5.74) is 27.8. The van der Waals surface area contributed by atoms with Crippen molar-refractivity contribution < 1.29 is 24.5 Å². The molecule has 0 fully saturated rings. The summed E-state index contributed by atoms with van der Waals surface area (Å²) in [6.07, 6.45) is 21.2. The summed E-state index contributed by atoms with van der Waals surface area (Å²) < 4.78 is 7.01. The van der Waals surface area contributed by atoms with Crippen molar-refractivity contribution >= 4 is 118 Å². The maximum Gasteiger partial charge on any atom is 0.569 e. The van der Waals surface area contributed by atoms with E-state index in [-0.39, 0.29) is 0 Å². The number of ketones is 1. The van der Waals surface area contributed by atoms with Crippen LogP contribution in [0.2, 0.25) is 6.32 Å². The molecule has 0 heterocycles. The van der Waals surface area contributed by atoms with Crippen LogP contribution in [0.5, 0.6) is 5.75 Å². The van der Waals surface area contributed by atoms with E-state index in [4.69, 9.17) is 60.3 Å². The Kier molecular flexibility index (Phi) is 35.3. The monoisotopic (exact) mass is 1350 g/mol. The topological polar surface area (TPSA) is 128 Å². The van der Waals surface area contributed by atoms with E-state index >= 15 is 0 Å². The highest BCUT2D eigenvalue weighted by atomic mass is 79.9. The standard InChI is InChI=1S/C13H17N.C11H11Cl.C11H13N.C9H7BClO2.C9H6BrCl.C9H7BrO.C3H8.C2H7BO2.C2H7N.C2H6/c1-4-10-5-6-11-8-13(14(2)3)9-12(11)7-10;2*1-2-8-3-4-9-6-11(12)7-10(9)5-8;11-8-3-6-1-2-9(13-10-12)5-7(6)4-8;2*10-8-2-1-6-4-9(11)5-7(6)3-8;1-3-2;1-2-3(4)5;1-3-2;1-2/h5-8H,4,9H2,1-3H3;3-6H,2,7H2,1H3;3-6H,2,7,12H2,1H3;1-3,5,12H,4H2;1-4H,5H2;1-3H,4-5H2;3H2,1-2H3;4-5H,2H2,1H3;3H,1-2H3;1-2H3. The summed E-state index contributed by atoms with van der Waals surface area (Å²) in [5, 5.41) is 29.7. The molecule has 0 saturated carbocycles. The van der Waals surface area contributed by atoms with Gasteiger partial charge in [0.2, 0.25) is 0 Å². The third-order valence-electron chi connectivity index (χ3n) is 13.6. The zero-order valence-electron chi connectivity index (χ0n) is 52.5. The van der Waals surface area contributed by atoms with Gasteiger partial charge in [-0.15, -0.1) is 0 Å². The van der Waals surface area contributed by atoms with Crippen molar-refractivity contribution in [2.45, 2.75) is 132 Å². The number of carbonyl (C=O) groups excluding carboxylic acids is 1. The number of allylic oxidation sites excluding steroid dienone is 5. The fourth-order valence-corrected chi connectivity index (χ4v) is 10.8. The van der Waals surface area contributed by atoms with Gasteiger partial charge in [0.15, 0.2) is 0 Å². The predicted octanol–water partition coefficient (Wildman–Crippen LogP) is 17.4. The second-order valence-corrected chi connectivity index (χ2v) is 24.2. The van der Waals surface area contributed by atoms with Gasteiger partial charge < -0.3 is 35.7 Å². The Bertz CT molecular complexity index is 3220. The molecule has 0 atom stereocenters. The maximum atomic E-state index is 11.0. The average Bonchev–Trinajstić information content (AvgIpc) is 4.55. The highest BCUT2D eigenvalue weighted by molar-refractivity contribution is 9.10. The number of nitrogens with two attached hydrogens (primary N) is 1. The molecule has 86 heavy (non-hydrogen) atoms. The first-order chi connectivity index (χ1) is 41.2. The lowest BCUT2D eigenvalue weighted by Crippen LogP contribution is -2.10. The Morgan fingerprint density at radius 3 is 1.34 bits per heavy atom. The molecule has 459 valence electrons. The first-order valence-corrected chi connectivity index (χ1v) is 32.5. The van der Waals surface area contributed by atoms with Gasteiger partial charge in [0.25, 0.3) is 0 Å². The number of rotatable bonds is 7. The number of nitrogens with one attached hydrogen (secondary N) is 1. The summed E-state index contributed by atoms with van der Waals surface area (Å²) >= 11 is 24.5. The van der Waals surface area contributed by atoms with Gasteiger partial charge in [-0.1, -0.05) is 201 Å². The SMILES string of the molecule is CC.CCB(O)O.CCC.CCc1ccc2c(c1)CC(Cl)=C2.CCc1ccc2c(c1)CC(N(C)C)=C2.CCc1ccc2c(c1)CC(N)=C2.CNC.ClC1=Cc2ccc(Br)cc2C1.O=C1Cc2ccc(Br)cc2C1.O[B]Oc1ccc2c(c1)CC(Cl)=C2. The van der Waals surface area contributed by atoms with Gasteiger partial charge in [0.05, 0.1) is 0 Å². The quantitative estimate of drug-likeness (QED) is 0.100. The second kappa shape index (κ2) is 40.4. The smallest absolute Gasteiger partial charge is 0.537 e. The fraction of sp³-hybridized carbons (Fsp3) is 0.338. The molecule has 12 rings (SSSR count). The van der Waals surface area contributed by atoms with Crippen LogP contribution in [0.3, 0.4) is 0 Å². The number of likely N-dealkylation sites (N-methyl/N-ethyl adjacent to an activating group) is 1. The number of hydrogen-bond donors (Lipinski definition) is 5. The number of nitrogens with zero attached hydrogens (tertiary/aromatic N) is 1. The number of benzene rings is 6. The molecule has 0 amide bonds. The highest BCUT2D eigenvalue weighted by Crippen LogP contribution is 2.32. The van der Waals surface area contributed by atoms with Gasteiger partial charge in [0, 0.05) is 94.5 Å². The van der Waals surface area contributed by atoms with Crippen LogP contribution in [0.1, 0.15) is 145 Å². The molecular formula is C71H89B2Br2Cl3N3O5. The first kappa shape index (κ1) is 75.1. The minimum absolute atomic E-state index is 0.332. The number of fused-ring (bicyclic) bond motifs is 6. The van der Waals surface area contributed by atoms with Crippen LogP contribution in [0.25, 0.3) is 30.4 Å². The van der Waals surface area contributed by atoms with Gasteiger partial charge in [-0.25, -0.2) is 0 Å². The van der Waals surface area contributed by atoms with Crippen LogP contribution in [-0.2, 0) is 69.0 Å². The number of Topliss-reactive ketones (excluding diaryl/α,β-unsaturated/α-hetero) is 1. The number of carbonyl (C=O) groups is 1. The largest absolute Gasteiger partial charge is 0.569 e. The molecule has 0 bridgehead atoms. The molecule has 0 aliphatic heterocycles. The van der Waals surface area contributed by atoms with Crippen LogP contribution in [0, 0.1) is 0 Å². The lowest BCUT2D eigenvalue weighted by molar-refractivity contribution is -0.117. The molecular weight excluding hydrogens is 1260 g/mol. The summed E-state index contributed by atoms with van der Waals surface area (Å²) in [6, 6.07) is 37.8. The molecule has 0 unspecified atom stereocenters. The van der Waals surface area contributed by atoms with Crippen LogP contribution >= 0.6 is 66.7 Å². The Balaban J connectivity index is 0.000000260. The van der Waals surface area contributed by atoms with Crippen molar-refractivity contribution in [1.82, 2.24) is 10.2 Å². The van der Waals surface area contributed by atoms with Gasteiger partial charge in [0.1, 0.15) is 11.5 Å². The van der Waals surface area contributed by atoms with E-state index < -0.39 is 7.12 Å². The first-order valence-electron chi connectivity index (χ1n) is 29.7. The van der Waals surface area contributed by atoms with Gasteiger partial charge >= 0.3 is 14.8 Å². The summed E-state index contributed by atoms with van der Waals surface area (Å²) in [6.45, 7) is 16.5. The molecule has 6 N–H and O–H groups in total. The molecule has 6 aliphatic carbocycles. The molecule has 15 heteroatoms. The lowest BCUT2D eigenvalue weighted by atomic mass is 9.88. The molecule has 0 aromatic heterocycles. The van der Waals surface area contributed by atoms with Crippen molar-refractivity contribution in [1.29, 1.82) is 0 Å². The summed E-state index contributed by atoms with van der Waals surface area (Å²) in [4.78, 5) is 13.2. The zero-order chi connectivity index (χ0) is 63.9. The zero-order valence-corrected chi connectivity index (χ0v) is 57.9. The van der Waals surface area contributed by atoms with Crippen molar-refractivity contribution in [3.8, 4) is 5.75 Å². The number of hydrogen-bond acceptors (Lipinski definition) is 8. The highest BCUT2D eigenvalue weighted by Gasteiger charge is 2.18. The summed E-state index contributed by atoms with van der Waals surface area (Å²) in [5.74, 6) is 0.958. The Labute approximate surface area is 548 Å². The minimum Gasteiger partial charge on any atom is -0.537 e. The van der Waals surface area contributed by atoms with Crippen LogP contribution in [-0.4, -0.2) is 68.7 Å². The minimum atomic E-state index is -1.12. The number of halogens is 5. The van der Waals surface area contributed by atoms with Gasteiger partial charge in [-0.3, -0.25) is 4.79 Å². The van der Waals surface area contributed by atoms with E-state index in [1.165, 1.54) is 84.4 Å². The van der Waals surface area contributed by atoms with E-state index in [1.54, 1.807) is 13.0 Å². The molecule has 6 aromatic rings. The fourth-order valence-electron chi connectivity index (χ4n) is 9.20. The van der Waals surface area contributed by atoms with E-state index in [9.17, 15) is 4.79 Å². The molecule has 0 saturated heterocycles. The van der Waals surface area contributed by atoms with E-state index in [0.717, 1.165) is 92.2 Å². The lowest BCUT2D eigenvalue weighted by Gasteiger charge is -2.12. The molecule has 8 nitrogen and oxygen atoms in total. The van der Waals surface area contributed by atoms with Gasteiger partial charge in [-0.05, 0) is 190 Å². The Morgan fingerprint density at radius 2 is 0.895 bits per heavy atom. The molecule has 6 aromatic carbocycles. The van der Waals surface area contributed by atoms with E-state index in [2.05, 4.69) is 176 Å². The van der Waals surface area contributed by atoms with Crippen molar-refractivity contribution in [3.05, 3.63) is 228 Å². The van der Waals surface area contributed by atoms with Gasteiger partial charge in [-0.2, -0.15) is 0 Å². The third kappa shape index (κ3) is 25.9. The summed E-state index contributed by atoms with van der Waals surface area (Å²) in [7, 11) is 7.53. The van der Waals surface area contributed by atoms with E-state index in [1.807, 2.05) is 76.5 Å². The van der Waals surface area contributed by atoms with Crippen molar-refractivity contribution in [2.24, 2.45) is 5.73 Å². The normalized spacial score (nSPS) is 13.0. The van der Waals surface area contributed by atoms with Crippen LogP contribution in [0.4, 0.5) is 0 Å². The van der Waals surface area contributed by atoms with Crippen molar-refractivity contribution in [3.63, 3.8) is 0 Å². The molecule has 1 radical (unpaired) electrons. The average molecular weight is 1350 g/mol. The van der Waals surface area contributed by atoms with Crippen molar-refractivity contribution in [2.75, 3.05) is 28.2 Å². The second-order valence-electron chi connectivity index (χ2n) is 20.9. The predicted molar refractivity (Wildman–Crippen MR) is 380 cm³/mol. The van der Waals surface area contributed by atoms with E-state index in [0.29, 0.717) is 38.4 Å². The Morgan fingerprint density at radius 1 is 0.535 bits per heavy atom. The third-order valence-corrected chi connectivity index (χ3v) is 15.3. The molecule has 0 spiro atoms. The molecule has 6 aliphatic rings.